The minimum Gasteiger partial charge on any atom is -0.0945 e. The minimum absolute atomic E-state index is 0.106. The van der Waals surface area contributed by atoms with Crippen LogP contribution in [0.3, 0.4) is 0 Å². The van der Waals surface area contributed by atoms with Gasteiger partial charge in [-0.25, -0.2) is 0 Å². The van der Waals surface area contributed by atoms with E-state index in [1.807, 2.05) is 47.0 Å². The summed E-state index contributed by atoms with van der Waals surface area (Å²) in [5.41, 5.74) is 2.67. The highest BCUT2D eigenvalue weighted by Gasteiger charge is 2.34. The number of allylic oxidation sites excluding steroid dienone is 2. The molecule has 2 heterocycles. The second kappa shape index (κ2) is 9.63. The topological polar surface area (TPSA) is 0 Å². The molecule has 0 aliphatic carbocycles. The summed E-state index contributed by atoms with van der Waals surface area (Å²) in [5.74, 6) is 7.21. The fourth-order valence-corrected chi connectivity index (χ4v) is 8.91. The van der Waals surface area contributed by atoms with Crippen LogP contribution in [-0.2, 0) is 0 Å². The minimum atomic E-state index is 0.106. The molecule has 0 nitrogen and oxygen atoms in total. The lowest BCUT2D eigenvalue weighted by molar-refractivity contribution is 0.536. The first kappa shape index (κ1) is 22.8. The highest BCUT2D eigenvalue weighted by atomic mass is 32.2. The van der Waals surface area contributed by atoms with Gasteiger partial charge in [0.15, 0.2) is 0 Å². The van der Waals surface area contributed by atoms with Crippen molar-refractivity contribution in [2.75, 3.05) is 0 Å². The van der Waals surface area contributed by atoms with Crippen LogP contribution in [0.15, 0.2) is 78.9 Å². The molecule has 2 aliphatic heterocycles. The van der Waals surface area contributed by atoms with Crippen LogP contribution in [0.5, 0.6) is 0 Å². The summed E-state index contributed by atoms with van der Waals surface area (Å²) >= 11 is 7.60. The van der Waals surface area contributed by atoms with Crippen molar-refractivity contribution in [3.8, 4) is 11.8 Å². The van der Waals surface area contributed by atoms with Gasteiger partial charge in [-0.05, 0) is 16.5 Å². The molecule has 2 aromatic rings. The lowest BCUT2D eigenvalue weighted by Crippen LogP contribution is -2.06. The van der Waals surface area contributed by atoms with E-state index in [0.29, 0.717) is 5.92 Å². The van der Waals surface area contributed by atoms with Crippen molar-refractivity contribution >= 4 is 56.9 Å². The molecule has 0 radical (unpaired) electrons. The van der Waals surface area contributed by atoms with Crippen molar-refractivity contribution in [2.45, 2.75) is 34.6 Å². The van der Waals surface area contributed by atoms with Crippen molar-refractivity contribution in [1.29, 1.82) is 0 Å². The Kier molecular flexibility index (Phi) is 7.08. The molecule has 0 aromatic heterocycles. The van der Waals surface area contributed by atoms with E-state index in [0.717, 1.165) is 0 Å². The zero-order valence-corrected chi connectivity index (χ0v) is 21.7. The molecule has 4 heteroatoms. The Labute approximate surface area is 203 Å². The average molecular weight is 479 g/mol. The van der Waals surface area contributed by atoms with Gasteiger partial charge in [-0.15, -0.1) is 0 Å². The van der Waals surface area contributed by atoms with Gasteiger partial charge in [0.05, 0.1) is 13.4 Å². The number of benzene rings is 2. The van der Waals surface area contributed by atoms with Crippen LogP contribution < -0.4 is 0 Å². The zero-order chi connectivity index (χ0) is 22.0. The lowest BCUT2D eigenvalue weighted by Gasteiger charge is -2.21. The predicted molar refractivity (Wildman–Crippen MR) is 146 cm³/mol. The van der Waals surface area contributed by atoms with Crippen LogP contribution in [-0.4, -0.2) is 0 Å². The molecule has 0 saturated heterocycles. The molecular weight excluding hydrogens is 453 g/mol. The molecular formula is C27H26S4. The molecule has 0 N–H and O–H groups in total. The van der Waals surface area contributed by atoms with E-state index >= 15 is 0 Å². The monoisotopic (exact) mass is 478 g/mol. The first-order valence-electron chi connectivity index (χ1n) is 10.4. The molecule has 2 aliphatic rings. The van der Waals surface area contributed by atoms with Crippen LogP contribution >= 0.6 is 47.0 Å². The van der Waals surface area contributed by atoms with Gasteiger partial charge in [-0.2, -0.15) is 0 Å². The van der Waals surface area contributed by atoms with E-state index < -0.39 is 0 Å². The zero-order valence-electron chi connectivity index (χ0n) is 18.5. The van der Waals surface area contributed by atoms with E-state index in [9.17, 15) is 0 Å². The second-order valence-corrected chi connectivity index (χ2v) is 13.3. The van der Waals surface area contributed by atoms with Gasteiger partial charge in [0.2, 0.25) is 0 Å². The normalized spacial score (nSPS) is 19.3. The molecule has 0 spiro atoms. The van der Waals surface area contributed by atoms with Crippen molar-refractivity contribution < 1.29 is 0 Å². The van der Waals surface area contributed by atoms with Crippen molar-refractivity contribution in [2.24, 2.45) is 11.3 Å². The maximum absolute atomic E-state index is 3.47. The Morgan fingerprint density at radius 1 is 0.677 bits per heavy atom. The van der Waals surface area contributed by atoms with Gasteiger partial charge >= 0.3 is 0 Å². The molecule has 0 saturated carbocycles. The molecule has 4 rings (SSSR count). The van der Waals surface area contributed by atoms with Gasteiger partial charge in [0.25, 0.3) is 0 Å². The van der Waals surface area contributed by atoms with Gasteiger partial charge < -0.3 is 0 Å². The summed E-state index contributed by atoms with van der Waals surface area (Å²) in [6.07, 6.45) is 0. The van der Waals surface area contributed by atoms with E-state index in [1.165, 1.54) is 39.2 Å². The molecule has 0 fully saturated rings. The molecule has 31 heavy (non-hydrogen) atoms. The summed E-state index contributed by atoms with van der Waals surface area (Å²) < 4.78 is 2.74. The summed E-state index contributed by atoms with van der Waals surface area (Å²) in [6, 6.07) is 21.5. The van der Waals surface area contributed by atoms with Gasteiger partial charge in [-0.3, -0.25) is 0 Å². The van der Waals surface area contributed by atoms with Crippen molar-refractivity contribution in [3.05, 3.63) is 90.1 Å². The second-order valence-electron chi connectivity index (χ2n) is 8.71. The van der Waals surface area contributed by atoms with Crippen molar-refractivity contribution in [3.63, 3.8) is 0 Å². The predicted octanol–water partition coefficient (Wildman–Crippen LogP) is 9.52. The third-order valence-corrected chi connectivity index (χ3v) is 10.7. The van der Waals surface area contributed by atoms with E-state index in [1.54, 1.807) is 0 Å². The summed E-state index contributed by atoms with van der Waals surface area (Å²) in [4.78, 5) is 5.31. The molecule has 0 bridgehead atoms. The largest absolute Gasteiger partial charge is 0.0945 e. The van der Waals surface area contributed by atoms with Gasteiger partial charge in [0.1, 0.15) is 0 Å². The quantitative estimate of drug-likeness (QED) is 0.394. The fourth-order valence-electron chi connectivity index (χ4n) is 3.11. The van der Waals surface area contributed by atoms with Gasteiger partial charge in [0, 0.05) is 20.6 Å². The summed E-state index contributed by atoms with van der Waals surface area (Å²) in [5, 5.41) is 0. The first-order chi connectivity index (χ1) is 14.8. The summed E-state index contributed by atoms with van der Waals surface area (Å²) in [6.45, 7) is 11.2. The third-order valence-electron chi connectivity index (χ3n) is 4.59. The maximum atomic E-state index is 3.47. The average Bonchev–Trinajstić information content (AvgIpc) is 3.38. The van der Waals surface area contributed by atoms with Crippen molar-refractivity contribution in [1.82, 2.24) is 0 Å². The molecule has 0 atom stereocenters. The highest BCUT2D eigenvalue weighted by Crippen LogP contribution is 2.65. The molecule has 158 valence electrons. The molecule has 0 unspecified atom stereocenters. The summed E-state index contributed by atoms with van der Waals surface area (Å²) in [7, 11) is 0. The van der Waals surface area contributed by atoms with E-state index in [2.05, 4.69) is 107 Å². The van der Waals surface area contributed by atoms with Gasteiger partial charge in [-0.1, -0.05) is 154 Å². The first-order valence-corrected chi connectivity index (χ1v) is 13.7. The van der Waals surface area contributed by atoms with Crippen LogP contribution in [0.2, 0.25) is 0 Å². The number of thioether (sulfide) groups is 4. The highest BCUT2D eigenvalue weighted by molar-refractivity contribution is 8.37. The Morgan fingerprint density at radius 2 is 1.19 bits per heavy atom. The lowest BCUT2D eigenvalue weighted by atomic mass is 9.94. The Bertz CT molecular complexity index is 1120. The number of rotatable bonds is 2. The third kappa shape index (κ3) is 5.34. The SMILES string of the molecule is CC(C)C#CC1=C(c2ccccc2)S/C(=C2/SC(c3ccccc3)=C(C(C)(C)C)S2)S1. The van der Waals surface area contributed by atoms with E-state index in [4.69, 9.17) is 0 Å². The molecule has 2 aromatic carbocycles. The number of hydrogen-bond acceptors (Lipinski definition) is 4. The smallest absolute Gasteiger partial charge is 0.0773 e. The Hall–Kier alpha value is -1.38. The van der Waals surface area contributed by atoms with Crippen LogP contribution in [0.4, 0.5) is 0 Å². The van der Waals surface area contributed by atoms with E-state index in [-0.39, 0.29) is 5.41 Å². The Balaban J connectivity index is 1.71. The number of hydrogen-bond donors (Lipinski definition) is 0. The fraction of sp³-hybridized carbons (Fsp3) is 0.259. The Morgan fingerprint density at radius 3 is 1.74 bits per heavy atom. The van der Waals surface area contributed by atoms with Crippen LogP contribution in [0.25, 0.3) is 9.81 Å². The molecule has 0 amide bonds. The van der Waals surface area contributed by atoms with Crippen LogP contribution in [0, 0.1) is 23.2 Å². The standard InChI is InChI=1S/C27H26S4/c1-18(2)16-17-21-22(19-12-8-6-9-13-19)29-25(28-21)26-30-23(20-14-10-7-11-15-20)24(31-26)27(3,4)5/h6-15,18H,1-5H3/b26-25-. The van der Waals surface area contributed by atoms with Crippen LogP contribution in [0.1, 0.15) is 45.7 Å². The maximum Gasteiger partial charge on any atom is 0.0773 e.